The van der Waals surface area contributed by atoms with E-state index in [1.54, 1.807) is 48.5 Å². The fraction of sp³-hybridized carbons (Fsp3) is 0.143. The Morgan fingerprint density at radius 3 is 0.544 bits per heavy atom. The molecule has 0 saturated heterocycles. The van der Waals surface area contributed by atoms with Crippen LogP contribution in [0, 0.1) is 27.7 Å². The van der Waals surface area contributed by atoms with Gasteiger partial charge in [0.1, 0.15) is 23.0 Å². The second-order valence-corrected chi connectivity index (χ2v) is 17.3. The molecule has 0 unspecified atom stereocenters. The molecule has 8 aromatic rings. The molecule has 8 aromatic carbocycles. The number of aromatic hydroxyl groups is 4. The Kier molecular flexibility index (Phi) is 12.7. The molecule has 1 aliphatic rings. The van der Waals surface area contributed by atoms with Crippen molar-refractivity contribution in [2.24, 2.45) is 40.9 Å². The third kappa shape index (κ3) is 10.6. The predicted octanol–water partition coefficient (Wildman–Crippen LogP) is 16.1. The summed E-state index contributed by atoms with van der Waals surface area (Å²) >= 11 is 0. The van der Waals surface area contributed by atoms with Crippen LogP contribution in [0.25, 0.3) is 0 Å². The van der Waals surface area contributed by atoms with Crippen molar-refractivity contribution in [1.82, 2.24) is 0 Å². The van der Waals surface area contributed by atoms with Crippen LogP contribution < -0.4 is 0 Å². The maximum absolute atomic E-state index is 12.2. The number of phenolic OH excluding ortho intramolecular Hbond substituents is 4. The summed E-state index contributed by atoms with van der Waals surface area (Å²) in [5.74, 6) is -0.174. The highest BCUT2D eigenvalue weighted by molar-refractivity contribution is 5.64. The third-order valence-corrected chi connectivity index (χ3v) is 11.8. The minimum absolute atomic E-state index is 0.0434. The van der Waals surface area contributed by atoms with E-state index in [0.29, 0.717) is 90.0 Å². The molecule has 0 aromatic heterocycles. The Hall–Kier alpha value is -8.64. The first-order chi connectivity index (χ1) is 32.9. The van der Waals surface area contributed by atoms with Crippen molar-refractivity contribution >= 4 is 45.5 Å². The lowest BCUT2D eigenvalue weighted by molar-refractivity contribution is 0.450. The number of fused-ring (bicyclic) bond motifs is 8. The lowest BCUT2D eigenvalue weighted by Crippen LogP contribution is -2.01. The molecule has 0 fully saturated rings. The van der Waals surface area contributed by atoms with Crippen molar-refractivity contribution in [2.45, 2.75) is 53.4 Å². The summed E-state index contributed by atoms with van der Waals surface area (Å²) in [7, 11) is 0. The topological polar surface area (TPSA) is 180 Å². The highest BCUT2D eigenvalue weighted by Crippen LogP contribution is 2.43. The fourth-order valence-electron chi connectivity index (χ4n) is 8.00. The van der Waals surface area contributed by atoms with Crippen LogP contribution in [0.3, 0.4) is 0 Å². The van der Waals surface area contributed by atoms with Crippen LogP contribution in [0.1, 0.15) is 66.8 Å². The Balaban J connectivity index is 1.24. The van der Waals surface area contributed by atoms with Gasteiger partial charge in [-0.15, -0.1) is 0 Å². The van der Waals surface area contributed by atoms with Crippen LogP contribution in [0.2, 0.25) is 0 Å². The smallest absolute Gasteiger partial charge is 0.122 e. The second-order valence-electron chi connectivity index (χ2n) is 17.3. The average Bonchev–Trinajstić information content (AvgIpc) is 3.33. The SMILES string of the molecule is Cc1ccc(N=Nc2cc3c(O)c(c2)Cc2cc(N=Nc4ccc(C)cc4)cc(c2O)Cc2cc(N=Nc4ccc(C)cc4)cc(c2O)Cc2cc(N=Nc4ccc(C)cc4)cc(c2O)C3)cc1. The number of benzene rings is 8. The molecule has 1 aliphatic carbocycles. The first kappa shape index (κ1) is 44.6. The molecule has 8 bridgehead atoms. The van der Waals surface area contributed by atoms with Gasteiger partial charge in [-0.25, -0.2) is 0 Å². The maximum Gasteiger partial charge on any atom is 0.122 e. The van der Waals surface area contributed by atoms with Crippen molar-refractivity contribution < 1.29 is 20.4 Å². The van der Waals surface area contributed by atoms with Crippen molar-refractivity contribution in [3.8, 4) is 23.0 Å². The third-order valence-electron chi connectivity index (χ3n) is 11.8. The number of azo groups is 4. The van der Waals surface area contributed by atoms with Crippen molar-refractivity contribution in [2.75, 3.05) is 0 Å². The minimum Gasteiger partial charge on any atom is -0.507 e. The summed E-state index contributed by atoms with van der Waals surface area (Å²) in [6, 6.07) is 44.5. The zero-order valence-corrected chi connectivity index (χ0v) is 38.1. The molecular formula is C56H48N8O4. The summed E-state index contributed by atoms with van der Waals surface area (Å²) in [6.45, 7) is 7.99. The largest absolute Gasteiger partial charge is 0.507 e. The summed E-state index contributed by atoms with van der Waals surface area (Å²) < 4.78 is 0. The van der Waals surface area contributed by atoms with E-state index in [-0.39, 0.29) is 48.7 Å². The summed E-state index contributed by atoms with van der Waals surface area (Å²) in [4.78, 5) is 0. The minimum atomic E-state index is -0.0434. The molecule has 0 aliphatic heterocycles. The van der Waals surface area contributed by atoms with Crippen molar-refractivity contribution in [3.05, 3.63) is 212 Å². The molecule has 0 atom stereocenters. The summed E-state index contributed by atoms with van der Waals surface area (Å²) in [5, 5.41) is 85.2. The Labute approximate surface area is 394 Å². The number of hydrogen-bond donors (Lipinski definition) is 4. The number of phenols is 4. The molecule has 0 amide bonds. The summed E-state index contributed by atoms with van der Waals surface area (Å²) in [5.41, 5.74) is 12.3. The van der Waals surface area contributed by atoms with Gasteiger partial charge in [-0.05, 0) is 125 Å². The number of hydrogen-bond acceptors (Lipinski definition) is 12. The van der Waals surface area contributed by atoms with Crippen LogP contribution in [-0.2, 0) is 25.7 Å². The highest BCUT2D eigenvalue weighted by atomic mass is 16.3. The van der Waals surface area contributed by atoms with Crippen LogP contribution >= 0.6 is 0 Å². The van der Waals surface area contributed by atoms with Gasteiger partial charge in [-0.2, -0.15) is 40.9 Å². The normalized spacial score (nSPS) is 12.8. The van der Waals surface area contributed by atoms with Crippen LogP contribution in [0.15, 0.2) is 187 Å². The van der Waals surface area contributed by atoms with E-state index in [4.69, 9.17) is 0 Å². The van der Waals surface area contributed by atoms with E-state index in [0.717, 1.165) is 22.3 Å². The van der Waals surface area contributed by atoms with Gasteiger partial charge in [-0.1, -0.05) is 70.8 Å². The number of rotatable bonds is 8. The van der Waals surface area contributed by atoms with Gasteiger partial charge in [0, 0.05) is 70.2 Å². The van der Waals surface area contributed by atoms with E-state index in [1.807, 2.05) is 125 Å². The molecule has 336 valence electrons. The van der Waals surface area contributed by atoms with Gasteiger partial charge < -0.3 is 20.4 Å². The molecule has 0 saturated carbocycles. The zero-order chi connectivity index (χ0) is 47.3. The monoisotopic (exact) mass is 896 g/mol. The van der Waals surface area contributed by atoms with Gasteiger partial charge in [0.2, 0.25) is 0 Å². The number of aryl methyl sites for hydroxylation is 4. The first-order valence-corrected chi connectivity index (χ1v) is 22.2. The maximum atomic E-state index is 12.2. The molecule has 0 radical (unpaired) electrons. The predicted molar refractivity (Wildman–Crippen MR) is 265 cm³/mol. The molecule has 68 heavy (non-hydrogen) atoms. The fourth-order valence-corrected chi connectivity index (χ4v) is 8.00. The van der Waals surface area contributed by atoms with E-state index < -0.39 is 0 Å². The van der Waals surface area contributed by atoms with Gasteiger partial charge in [0.15, 0.2) is 0 Å². The van der Waals surface area contributed by atoms with E-state index in [9.17, 15) is 20.4 Å². The molecule has 0 spiro atoms. The molecule has 4 N–H and O–H groups in total. The second kappa shape index (κ2) is 19.4. The quantitative estimate of drug-likeness (QED) is 0.111. The Morgan fingerprint density at radius 2 is 0.382 bits per heavy atom. The van der Waals surface area contributed by atoms with E-state index >= 15 is 0 Å². The lowest BCUT2D eigenvalue weighted by Gasteiger charge is -2.18. The van der Waals surface area contributed by atoms with Crippen molar-refractivity contribution in [1.29, 1.82) is 0 Å². The Morgan fingerprint density at radius 1 is 0.235 bits per heavy atom. The molecule has 0 heterocycles. The van der Waals surface area contributed by atoms with E-state index in [1.165, 1.54) is 0 Å². The van der Waals surface area contributed by atoms with Crippen LogP contribution in [0.5, 0.6) is 23.0 Å². The first-order valence-electron chi connectivity index (χ1n) is 22.2. The highest BCUT2D eigenvalue weighted by Gasteiger charge is 2.22. The molecular weight excluding hydrogens is 849 g/mol. The molecule has 12 nitrogen and oxygen atoms in total. The van der Waals surface area contributed by atoms with Gasteiger partial charge in [-0.3, -0.25) is 0 Å². The average molecular weight is 897 g/mol. The van der Waals surface area contributed by atoms with Crippen LogP contribution in [-0.4, -0.2) is 20.4 Å². The van der Waals surface area contributed by atoms with Crippen LogP contribution in [0.4, 0.5) is 45.5 Å². The lowest BCUT2D eigenvalue weighted by atomic mass is 9.90. The standard InChI is InChI=1S/C56H48N8O4/c1-33-5-13-45(14-6-33)57-61-49-25-37-21-39-27-50(62-58-46-15-7-34(2)8-16-46)29-41(54(39)66)23-43-31-52(64-60-48-19-11-36(4)12-20-48)32-44(56(43)68)24-42-30-51(63-59-47-17-9-35(3)10-18-47)28-40(55(42)67)22-38(26-49)53(37)65/h5-20,25-32,65-68H,21-24H2,1-4H3. The molecule has 12 heteroatoms. The number of nitrogens with zero attached hydrogens (tertiary/aromatic N) is 8. The molecule has 9 rings (SSSR count). The van der Waals surface area contributed by atoms with E-state index in [2.05, 4.69) is 40.9 Å². The summed E-state index contributed by atoms with van der Waals surface area (Å²) in [6.07, 6.45) is 0.181. The van der Waals surface area contributed by atoms with Gasteiger partial charge in [0.25, 0.3) is 0 Å². The van der Waals surface area contributed by atoms with Gasteiger partial charge in [0.05, 0.1) is 45.5 Å². The van der Waals surface area contributed by atoms with Gasteiger partial charge >= 0.3 is 0 Å². The zero-order valence-electron chi connectivity index (χ0n) is 38.1. The van der Waals surface area contributed by atoms with Crippen molar-refractivity contribution in [3.63, 3.8) is 0 Å². The Bertz CT molecular complexity index is 2750.